The maximum atomic E-state index is 3.56. The fraction of sp³-hybridized carbons (Fsp3) is 1.00. The van der Waals surface area contributed by atoms with Crippen molar-refractivity contribution in [3.8, 4) is 0 Å². The molecule has 0 aliphatic rings. The zero-order valence-corrected chi connectivity index (χ0v) is 15.9. The molecular weight excluding hydrogens is 308 g/mol. The molecule has 0 heterocycles. The summed E-state index contributed by atoms with van der Waals surface area (Å²) in [6.45, 7) is 4.61. The van der Waals surface area contributed by atoms with Crippen molar-refractivity contribution in [1.29, 1.82) is 0 Å². The summed E-state index contributed by atoms with van der Waals surface area (Å²) < 4.78 is 0. The third kappa shape index (κ3) is 14.9. The maximum absolute atomic E-state index is 3.56. The normalized spacial score (nSPS) is 12.8. The Morgan fingerprint density at radius 1 is 0.550 bits per heavy atom. The second-order valence-corrected chi connectivity index (χ2v) is 7.25. The van der Waals surface area contributed by atoms with Crippen molar-refractivity contribution >= 4 is 15.9 Å². The Morgan fingerprint density at radius 2 is 0.950 bits per heavy atom. The highest BCUT2D eigenvalue weighted by Crippen LogP contribution is 2.23. The fourth-order valence-electron chi connectivity index (χ4n) is 3.03. The van der Waals surface area contributed by atoms with E-state index < -0.39 is 0 Å². The number of rotatable bonds is 16. The first-order valence-electron chi connectivity index (χ1n) is 9.41. The average Bonchev–Trinajstić information content (AvgIpc) is 2.46. The molecule has 0 nitrogen and oxygen atoms in total. The number of unbranched alkanes of at least 4 members (excludes halogenated alkanes) is 9. The van der Waals surface area contributed by atoms with Gasteiger partial charge in [0.2, 0.25) is 0 Å². The van der Waals surface area contributed by atoms with Crippen LogP contribution in [0.15, 0.2) is 0 Å². The molecule has 0 amide bonds. The standard InChI is InChI=1S/C19H39Br/c1-3-5-7-9-10-12-16-19(17-13-14-18-20)15-11-8-6-4-2/h19H,3-18H2,1-2H3. The van der Waals surface area contributed by atoms with Crippen LogP contribution in [0.4, 0.5) is 0 Å². The lowest BCUT2D eigenvalue weighted by Crippen LogP contribution is -2.01. The largest absolute Gasteiger partial charge is 0.0928 e. The Balaban J connectivity index is 3.62. The molecule has 0 aliphatic heterocycles. The summed E-state index contributed by atoms with van der Waals surface area (Å²) in [7, 11) is 0. The predicted molar refractivity (Wildman–Crippen MR) is 97.9 cm³/mol. The summed E-state index contributed by atoms with van der Waals surface area (Å²) in [6.07, 6.45) is 21.7. The van der Waals surface area contributed by atoms with E-state index in [4.69, 9.17) is 0 Å². The minimum Gasteiger partial charge on any atom is -0.0928 e. The van der Waals surface area contributed by atoms with Crippen LogP contribution >= 0.6 is 15.9 Å². The number of hydrogen-bond donors (Lipinski definition) is 0. The molecule has 0 aromatic heterocycles. The summed E-state index contributed by atoms with van der Waals surface area (Å²) in [4.78, 5) is 0. The first kappa shape index (κ1) is 20.5. The van der Waals surface area contributed by atoms with Gasteiger partial charge in [0.15, 0.2) is 0 Å². The molecule has 1 heteroatoms. The zero-order valence-electron chi connectivity index (χ0n) is 14.3. The molecule has 0 aliphatic carbocycles. The third-order valence-corrected chi connectivity index (χ3v) is 4.99. The summed E-state index contributed by atoms with van der Waals surface area (Å²) in [5, 5.41) is 1.19. The van der Waals surface area contributed by atoms with Gasteiger partial charge in [-0.05, 0) is 12.3 Å². The molecule has 0 bridgehead atoms. The maximum Gasteiger partial charge on any atom is 0.00313 e. The Hall–Kier alpha value is 0.480. The molecule has 0 aromatic rings. The van der Waals surface area contributed by atoms with E-state index >= 15 is 0 Å². The van der Waals surface area contributed by atoms with Gasteiger partial charge in [0, 0.05) is 5.33 Å². The number of hydrogen-bond acceptors (Lipinski definition) is 0. The van der Waals surface area contributed by atoms with E-state index in [1.165, 1.54) is 102 Å². The fourth-order valence-corrected chi connectivity index (χ4v) is 3.43. The Morgan fingerprint density at radius 3 is 1.45 bits per heavy atom. The second-order valence-electron chi connectivity index (χ2n) is 6.46. The Bertz CT molecular complexity index is 167. The van der Waals surface area contributed by atoms with Gasteiger partial charge in [-0.1, -0.05) is 120 Å². The number of alkyl halides is 1. The van der Waals surface area contributed by atoms with E-state index in [9.17, 15) is 0 Å². The molecule has 0 saturated carbocycles. The van der Waals surface area contributed by atoms with Crippen molar-refractivity contribution in [2.24, 2.45) is 5.92 Å². The van der Waals surface area contributed by atoms with Gasteiger partial charge >= 0.3 is 0 Å². The van der Waals surface area contributed by atoms with E-state index in [1.54, 1.807) is 0 Å². The highest BCUT2D eigenvalue weighted by Gasteiger charge is 2.08. The molecule has 0 radical (unpaired) electrons. The summed E-state index contributed by atoms with van der Waals surface area (Å²) in [5.41, 5.74) is 0. The van der Waals surface area contributed by atoms with Crippen molar-refractivity contribution in [3.63, 3.8) is 0 Å². The Kier molecular flexibility index (Phi) is 18.0. The quantitative estimate of drug-likeness (QED) is 0.197. The van der Waals surface area contributed by atoms with E-state index in [0.717, 1.165) is 5.92 Å². The van der Waals surface area contributed by atoms with Crippen molar-refractivity contribution in [2.75, 3.05) is 5.33 Å². The van der Waals surface area contributed by atoms with Crippen LogP contribution in [-0.2, 0) is 0 Å². The van der Waals surface area contributed by atoms with Gasteiger partial charge in [0.25, 0.3) is 0 Å². The van der Waals surface area contributed by atoms with E-state index in [2.05, 4.69) is 29.8 Å². The van der Waals surface area contributed by atoms with Crippen LogP contribution in [0.2, 0.25) is 0 Å². The van der Waals surface area contributed by atoms with E-state index in [0.29, 0.717) is 0 Å². The van der Waals surface area contributed by atoms with Crippen LogP contribution in [0.5, 0.6) is 0 Å². The van der Waals surface area contributed by atoms with Gasteiger partial charge in [-0.25, -0.2) is 0 Å². The molecule has 0 saturated heterocycles. The molecule has 0 aromatic carbocycles. The van der Waals surface area contributed by atoms with Gasteiger partial charge < -0.3 is 0 Å². The summed E-state index contributed by atoms with van der Waals surface area (Å²) in [5.74, 6) is 1.03. The molecule has 20 heavy (non-hydrogen) atoms. The molecule has 1 unspecified atom stereocenters. The van der Waals surface area contributed by atoms with Crippen LogP contribution in [0.3, 0.4) is 0 Å². The van der Waals surface area contributed by atoms with Crippen LogP contribution in [-0.4, -0.2) is 5.33 Å². The SMILES string of the molecule is CCCCCCCCC(CCCCBr)CCCCCC. The third-order valence-electron chi connectivity index (χ3n) is 4.43. The van der Waals surface area contributed by atoms with Crippen molar-refractivity contribution < 1.29 is 0 Å². The topological polar surface area (TPSA) is 0 Å². The van der Waals surface area contributed by atoms with Gasteiger partial charge in [-0.15, -0.1) is 0 Å². The lowest BCUT2D eigenvalue weighted by molar-refractivity contribution is 0.372. The van der Waals surface area contributed by atoms with Crippen LogP contribution in [0.1, 0.15) is 110 Å². The van der Waals surface area contributed by atoms with Crippen LogP contribution < -0.4 is 0 Å². The van der Waals surface area contributed by atoms with Crippen molar-refractivity contribution in [2.45, 2.75) is 110 Å². The van der Waals surface area contributed by atoms with Crippen LogP contribution in [0, 0.1) is 5.92 Å². The molecule has 0 N–H and O–H groups in total. The predicted octanol–water partition coefficient (Wildman–Crippen LogP) is 7.89. The zero-order chi connectivity index (χ0) is 14.9. The van der Waals surface area contributed by atoms with Crippen molar-refractivity contribution in [3.05, 3.63) is 0 Å². The van der Waals surface area contributed by atoms with Gasteiger partial charge in [0.05, 0.1) is 0 Å². The first-order chi connectivity index (χ1) is 9.85. The van der Waals surface area contributed by atoms with Gasteiger partial charge in [-0.2, -0.15) is 0 Å². The monoisotopic (exact) mass is 346 g/mol. The van der Waals surface area contributed by atoms with Crippen molar-refractivity contribution in [1.82, 2.24) is 0 Å². The smallest absolute Gasteiger partial charge is 0.00313 e. The molecule has 0 spiro atoms. The molecular formula is C19H39Br. The highest BCUT2D eigenvalue weighted by atomic mass is 79.9. The van der Waals surface area contributed by atoms with E-state index in [1.807, 2.05) is 0 Å². The molecule has 0 fully saturated rings. The van der Waals surface area contributed by atoms with E-state index in [-0.39, 0.29) is 0 Å². The second kappa shape index (κ2) is 17.5. The van der Waals surface area contributed by atoms with Gasteiger partial charge in [-0.3, -0.25) is 0 Å². The number of halogens is 1. The van der Waals surface area contributed by atoms with Gasteiger partial charge in [0.1, 0.15) is 0 Å². The Labute approximate surface area is 137 Å². The lowest BCUT2D eigenvalue weighted by atomic mass is 9.90. The first-order valence-corrected chi connectivity index (χ1v) is 10.5. The minimum absolute atomic E-state index is 1.03. The molecule has 0 rings (SSSR count). The molecule has 122 valence electrons. The van der Waals surface area contributed by atoms with Crippen LogP contribution in [0.25, 0.3) is 0 Å². The highest BCUT2D eigenvalue weighted by molar-refractivity contribution is 9.09. The minimum atomic E-state index is 1.03. The summed E-state index contributed by atoms with van der Waals surface area (Å²) in [6, 6.07) is 0. The lowest BCUT2D eigenvalue weighted by Gasteiger charge is -2.16. The summed E-state index contributed by atoms with van der Waals surface area (Å²) >= 11 is 3.56. The average molecular weight is 347 g/mol. The molecule has 1 atom stereocenters.